The Bertz CT molecular complexity index is 1470. The molecule has 2 aromatic carbocycles. The van der Waals surface area contributed by atoms with Crippen LogP contribution < -0.4 is 4.72 Å². The van der Waals surface area contributed by atoms with Crippen molar-refractivity contribution in [3.63, 3.8) is 0 Å². The third-order valence-electron chi connectivity index (χ3n) is 5.22. The van der Waals surface area contributed by atoms with E-state index in [9.17, 15) is 13.2 Å². The lowest BCUT2D eigenvalue weighted by atomic mass is 10.1. The van der Waals surface area contributed by atoms with Crippen LogP contribution in [0.3, 0.4) is 0 Å². The second-order valence-corrected chi connectivity index (χ2v) is 11.4. The van der Waals surface area contributed by atoms with Gasteiger partial charge >= 0.3 is 0 Å². The molecule has 0 aliphatic heterocycles. The van der Waals surface area contributed by atoms with E-state index in [1.165, 1.54) is 0 Å². The van der Waals surface area contributed by atoms with Crippen LogP contribution in [0.4, 0.5) is 0 Å². The number of rotatable bonds is 8. The molecule has 4 aromatic rings. The Morgan fingerprint density at radius 3 is 2.74 bits per heavy atom. The maximum atomic E-state index is 12.0. The lowest BCUT2D eigenvalue weighted by Gasteiger charge is -2.07. The molecule has 0 saturated heterocycles. The molecule has 0 saturated carbocycles. The van der Waals surface area contributed by atoms with Crippen LogP contribution in [0.2, 0.25) is 5.02 Å². The topological polar surface area (TPSA) is 86.0 Å². The molecule has 0 fully saturated rings. The summed E-state index contributed by atoms with van der Waals surface area (Å²) in [6.07, 6.45) is 5.84. The summed E-state index contributed by atoms with van der Waals surface area (Å²) in [5, 5.41) is 6.21. The fraction of sp³-hybridized carbons (Fsp3) is 0.250. The zero-order valence-corrected chi connectivity index (χ0v) is 21.5. The van der Waals surface area contributed by atoms with E-state index >= 15 is 0 Å². The van der Waals surface area contributed by atoms with Crippen LogP contribution in [0.5, 0.6) is 0 Å². The minimum absolute atomic E-state index is 0.0194. The van der Waals surface area contributed by atoms with E-state index in [1.807, 2.05) is 64.3 Å². The van der Waals surface area contributed by atoms with Gasteiger partial charge in [0.25, 0.3) is 0 Å². The molecule has 2 aromatic heterocycles. The van der Waals surface area contributed by atoms with E-state index in [4.69, 9.17) is 11.6 Å². The summed E-state index contributed by atoms with van der Waals surface area (Å²) in [6.45, 7) is 5.03. The van der Waals surface area contributed by atoms with Gasteiger partial charge in [-0.05, 0) is 43.2 Å². The number of aromatic nitrogens is 3. The van der Waals surface area contributed by atoms with E-state index in [0.717, 1.165) is 56.9 Å². The Hall–Kier alpha value is -2.75. The predicted octanol–water partition coefficient (Wildman–Crippen LogP) is 4.97. The van der Waals surface area contributed by atoms with Gasteiger partial charge in [-0.2, -0.15) is 5.10 Å². The molecule has 1 amide bonds. The molecule has 4 rings (SSSR count). The summed E-state index contributed by atoms with van der Waals surface area (Å²) < 4.78 is 28.8. The van der Waals surface area contributed by atoms with Crippen LogP contribution >= 0.6 is 23.4 Å². The molecule has 2 heterocycles. The molecule has 34 heavy (non-hydrogen) atoms. The van der Waals surface area contributed by atoms with Gasteiger partial charge in [0.2, 0.25) is 15.9 Å². The number of carbonyl (C=O) groups excluding carboxylic acids is 1. The lowest BCUT2D eigenvalue weighted by molar-refractivity contribution is -0.118. The Morgan fingerprint density at radius 1 is 1.21 bits per heavy atom. The first-order valence-corrected chi connectivity index (χ1v) is 13.8. The number of halogens is 1. The summed E-state index contributed by atoms with van der Waals surface area (Å²) >= 11 is 7.94. The Kier molecular flexibility index (Phi) is 7.06. The minimum Gasteiger partial charge on any atom is -0.310 e. The predicted molar refractivity (Wildman–Crippen MR) is 136 cm³/mol. The number of sulfonamides is 1. The van der Waals surface area contributed by atoms with E-state index in [-0.39, 0.29) is 6.42 Å². The molecule has 0 spiro atoms. The first kappa shape index (κ1) is 24.4. The van der Waals surface area contributed by atoms with E-state index in [2.05, 4.69) is 23.5 Å². The Labute approximate surface area is 208 Å². The monoisotopic (exact) mass is 516 g/mol. The van der Waals surface area contributed by atoms with Crippen molar-refractivity contribution < 1.29 is 13.2 Å². The largest absolute Gasteiger partial charge is 0.310 e. The molecular weight excluding hydrogens is 492 g/mol. The van der Waals surface area contributed by atoms with Crippen molar-refractivity contribution in [3.8, 4) is 5.69 Å². The van der Waals surface area contributed by atoms with Crippen LogP contribution in [0.1, 0.15) is 24.6 Å². The second-order valence-electron chi connectivity index (χ2n) is 8.10. The quantitative estimate of drug-likeness (QED) is 0.357. The second kappa shape index (κ2) is 9.85. The molecule has 10 heteroatoms. The normalized spacial score (nSPS) is 11.8. The van der Waals surface area contributed by atoms with Crippen LogP contribution in [-0.2, 0) is 27.8 Å². The third kappa shape index (κ3) is 5.48. The molecule has 178 valence electrons. The lowest BCUT2D eigenvalue weighted by Crippen LogP contribution is -2.30. The number of nitrogens with one attached hydrogen (secondary N) is 1. The summed E-state index contributed by atoms with van der Waals surface area (Å²) in [5.74, 6) is -0.559. The molecule has 0 aliphatic carbocycles. The van der Waals surface area contributed by atoms with Gasteiger partial charge in [-0.3, -0.25) is 14.2 Å². The van der Waals surface area contributed by atoms with Gasteiger partial charge in [0.05, 0.1) is 30.1 Å². The van der Waals surface area contributed by atoms with Gasteiger partial charge in [-0.1, -0.05) is 48.5 Å². The first-order valence-electron chi connectivity index (χ1n) is 10.8. The van der Waals surface area contributed by atoms with Crippen molar-refractivity contribution in [2.24, 2.45) is 0 Å². The van der Waals surface area contributed by atoms with Crippen molar-refractivity contribution in [2.75, 3.05) is 6.26 Å². The van der Waals surface area contributed by atoms with Crippen LogP contribution in [-0.4, -0.2) is 34.9 Å². The number of nitrogens with zero attached hydrogens (tertiary/aromatic N) is 3. The molecule has 0 atom stereocenters. The number of carbonyl (C=O) groups is 1. The van der Waals surface area contributed by atoms with E-state index in [1.54, 1.807) is 11.8 Å². The average Bonchev–Trinajstić information content (AvgIpc) is 3.29. The Balaban J connectivity index is 1.70. The van der Waals surface area contributed by atoms with Gasteiger partial charge in [0.1, 0.15) is 0 Å². The van der Waals surface area contributed by atoms with Crippen LogP contribution in [0, 0.1) is 6.92 Å². The molecular formula is C24H25ClN4O3S2. The molecule has 0 radical (unpaired) electrons. The van der Waals surface area contributed by atoms with Crippen molar-refractivity contribution >= 4 is 50.2 Å². The minimum atomic E-state index is -3.59. The zero-order chi connectivity index (χ0) is 24.5. The van der Waals surface area contributed by atoms with Crippen molar-refractivity contribution in [3.05, 3.63) is 71.1 Å². The molecule has 0 unspecified atom stereocenters. The molecule has 0 bridgehead atoms. The van der Waals surface area contributed by atoms with Gasteiger partial charge in [-0.15, -0.1) is 0 Å². The van der Waals surface area contributed by atoms with Gasteiger partial charge in [0, 0.05) is 38.6 Å². The fourth-order valence-electron chi connectivity index (χ4n) is 3.91. The highest BCUT2D eigenvalue weighted by Crippen LogP contribution is 2.40. The summed E-state index contributed by atoms with van der Waals surface area (Å²) in [4.78, 5) is 14.1. The fourth-order valence-corrected chi connectivity index (χ4v) is 5.67. The van der Waals surface area contributed by atoms with E-state index in [0.29, 0.717) is 5.02 Å². The zero-order valence-electron chi connectivity index (χ0n) is 19.1. The smallest absolute Gasteiger partial charge is 0.237 e. The van der Waals surface area contributed by atoms with E-state index < -0.39 is 15.9 Å². The van der Waals surface area contributed by atoms with Crippen LogP contribution in [0.25, 0.3) is 16.6 Å². The maximum Gasteiger partial charge on any atom is 0.237 e. The van der Waals surface area contributed by atoms with Crippen molar-refractivity contribution in [1.29, 1.82) is 0 Å². The number of hydrogen-bond acceptors (Lipinski definition) is 5. The molecule has 0 aliphatic rings. The summed E-state index contributed by atoms with van der Waals surface area (Å²) in [7, 11) is -3.59. The standard InChI is InChI=1S/C24H25ClN4O3S2/c1-4-10-28-15-19(14-26-28)29-16(2)24(21-9-8-18(25)13-22(21)29)33-20-7-5-6-17(11-20)12-23(30)27-34(3,31)32/h5-9,11,13-15H,4,10,12H2,1-3H3,(H,27,30). The highest BCUT2D eigenvalue weighted by Gasteiger charge is 2.18. The SMILES string of the molecule is CCCn1cc(-n2c(C)c(Sc3cccc(CC(=O)NS(C)(=O)=O)c3)c3ccc(Cl)cc32)cn1. The number of aryl methyl sites for hydroxylation is 1. The van der Waals surface area contributed by atoms with Crippen LogP contribution in [0.15, 0.2) is 64.6 Å². The van der Waals surface area contributed by atoms with Crippen molar-refractivity contribution in [1.82, 2.24) is 19.1 Å². The number of fused-ring (bicyclic) bond motifs is 1. The Morgan fingerprint density at radius 2 is 2.00 bits per heavy atom. The number of benzene rings is 2. The summed E-state index contributed by atoms with van der Waals surface area (Å²) in [6, 6.07) is 13.4. The third-order valence-corrected chi connectivity index (χ3v) is 7.26. The molecule has 7 nitrogen and oxygen atoms in total. The number of amides is 1. The molecule has 1 N–H and O–H groups in total. The highest BCUT2D eigenvalue weighted by molar-refractivity contribution is 7.99. The maximum absolute atomic E-state index is 12.0. The number of hydrogen-bond donors (Lipinski definition) is 1. The van der Waals surface area contributed by atoms with Gasteiger partial charge in [0.15, 0.2) is 0 Å². The van der Waals surface area contributed by atoms with Gasteiger partial charge in [-0.25, -0.2) is 8.42 Å². The highest BCUT2D eigenvalue weighted by atomic mass is 35.5. The summed E-state index contributed by atoms with van der Waals surface area (Å²) in [5.41, 5.74) is 3.75. The van der Waals surface area contributed by atoms with Crippen molar-refractivity contribution in [2.45, 2.75) is 43.0 Å². The first-order chi connectivity index (χ1) is 16.1. The average molecular weight is 517 g/mol. The van der Waals surface area contributed by atoms with Gasteiger partial charge < -0.3 is 4.57 Å².